The second kappa shape index (κ2) is 358. The lowest BCUT2D eigenvalue weighted by molar-refractivity contribution is -0.283. The zero-order valence-corrected chi connectivity index (χ0v) is 7.22. The van der Waals surface area contributed by atoms with Crippen molar-refractivity contribution < 1.29 is 24.9 Å². The first kappa shape index (κ1) is 31.6. The zero-order valence-electron chi connectivity index (χ0n) is 7.22. The molecule has 0 aromatic carbocycles. The van der Waals surface area contributed by atoms with Crippen molar-refractivity contribution in [3.05, 3.63) is 0 Å². The van der Waals surface area contributed by atoms with Crippen LogP contribution in [0, 0.1) is 11.3 Å². The van der Waals surface area contributed by atoms with Crippen LogP contribution in [0.25, 0.3) is 0 Å². The van der Waals surface area contributed by atoms with Crippen molar-refractivity contribution in [3.63, 3.8) is 0 Å². The number of carbonyl (C=O) groups excluding carboxylic acids is 1. The highest BCUT2D eigenvalue weighted by atomic mass is 16.3. The van der Waals surface area contributed by atoms with E-state index in [1.165, 1.54) is 6.92 Å². The maximum Gasteiger partial charge on any atom is 0.290 e. The van der Waals surface area contributed by atoms with Crippen molar-refractivity contribution in [2.24, 2.45) is 0 Å². The molecule has 0 aromatic rings. The Hall–Kier alpha value is -1.65. The molecular formula is C5H14N2O5. The lowest BCUT2D eigenvalue weighted by Gasteiger charge is -1.52. The fourth-order valence-electron chi connectivity index (χ4n) is 0. The maximum absolute atomic E-state index is 8.36. The Morgan fingerprint density at radius 3 is 1.42 bits per heavy atom. The van der Waals surface area contributed by atoms with Gasteiger partial charge in [0.25, 0.3) is 6.47 Å². The van der Waals surface area contributed by atoms with E-state index < -0.39 is 6.47 Å². The monoisotopic (exact) mass is 182 g/mol. The Bertz CT molecular complexity index is 84.3. The third kappa shape index (κ3) is 166. The van der Waals surface area contributed by atoms with Gasteiger partial charge in [0.1, 0.15) is 0 Å². The van der Waals surface area contributed by atoms with Crippen molar-refractivity contribution in [3.8, 4) is 6.07 Å². The van der Waals surface area contributed by atoms with E-state index in [-0.39, 0.29) is 12.6 Å². The van der Waals surface area contributed by atoms with Crippen LogP contribution >= 0.6 is 0 Å². The molecule has 6 N–H and O–H groups in total. The molecular weight excluding hydrogens is 168 g/mol. The molecule has 0 aromatic heterocycles. The summed E-state index contributed by atoms with van der Waals surface area (Å²) in [4.78, 5) is 16.6. The van der Waals surface area contributed by atoms with Crippen LogP contribution in [-0.4, -0.2) is 30.3 Å². The number of carbonyl (C=O) groups is 2. The Morgan fingerprint density at radius 1 is 1.42 bits per heavy atom. The lowest BCUT2D eigenvalue weighted by Crippen LogP contribution is -2.01. The van der Waals surface area contributed by atoms with Crippen LogP contribution in [0.2, 0.25) is 0 Å². The van der Waals surface area contributed by atoms with Crippen LogP contribution in [0.3, 0.4) is 0 Å². The molecule has 12 heavy (non-hydrogen) atoms. The summed E-state index contributed by atoms with van der Waals surface area (Å²) in [5.41, 5.74) is 0. The molecule has 0 radical (unpaired) electrons. The topological polar surface area (TPSA) is 158 Å². The molecule has 0 spiro atoms. The van der Waals surface area contributed by atoms with Crippen molar-refractivity contribution in [2.45, 2.75) is 6.92 Å². The molecule has 0 unspecified atom stereocenters. The SMILES string of the molecule is CC#N.CO.O=CO.O=C[O-].[NH4+]. The predicted molar refractivity (Wildman–Crippen MR) is 40.2 cm³/mol. The second-order valence-corrected chi connectivity index (χ2v) is 0.425. The van der Waals surface area contributed by atoms with Crippen LogP contribution in [0.1, 0.15) is 6.92 Å². The van der Waals surface area contributed by atoms with Gasteiger partial charge in [-0.1, -0.05) is 0 Å². The Balaban J connectivity index is -0.0000000179. The average molecular weight is 182 g/mol. The Labute approximate surface area is 70.5 Å². The van der Waals surface area contributed by atoms with Crippen molar-refractivity contribution in [2.75, 3.05) is 7.11 Å². The number of aliphatic hydroxyl groups is 1. The fraction of sp³-hybridized carbons (Fsp3) is 0.400. The van der Waals surface area contributed by atoms with Gasteiger partial charge in [-0.25, -0.2) is 0 Å². The summed E-state index contributed by atoms with van der Waals surface area (Å²) in [5.74, 6) is 0. The van der Waals surface area contributed by atoms with E-state index in [1.807, 2.05) is 0 Å². The van der Waals surface area contributed by atoms with Gasteiger partial charge in [0, 0.05) is 20.5 Å². The summed E-state index contributed by atoms with van der Waals surface area (Å²) in [6.45, 7) is 0.681. The molecule has 0 saturated heterocycles. The largest absolute Gasteiger partial charge is 0.554 e. The molecule has 0 aliphatic carbocycles. The highest BCUT2D eigenvalue weighted by molar-refractivity contribution is 5.32. The van der Waals surface area contributed by atoms with Gasteiger partial charge in [0.2, 0.25) is 0 Å². The summed E-state index contributed by atoms with van der Waals surface area (Å²) in [7, 11) is 1.00. The van der Waals surface area contributed by atoms with Gasteiger partial charge in [0.05, 0.1) is 6.07 Å². The molecule has 0 heterocycles. The van der Waals surface area contributed by atoms with Crippen LogP contribution in [0.15, 0.2) is 0 Å². The summed E-state index contributed by atoms with van der Waals surface area (Å²) in [6, 6.07) is 1.75. The molecule has 0 aliphatic heterocycles. The number of rotatable bonds is 0. The summed E-state index contributed by atoms with van der Waals surface area (Å²) in [5, 5.41) is 29.5. The number of nitrogens with zero attached hydrogens (tertiary/aromatic N) is 1. The van der Waals surface area contributed by atoms with E-state index >= 15 is 0 Å². The first-order valence-corrected chi connectivity index (χ1v) is 2.14. The van der Waals surface area contributed by atoms with Gasteiger partial charge in [-0.2, -0.15) is 5.26 Å². The van der Waals surface area contributed by atoms with Gasteiger partial charge < -0.3 is 26.3 Å². The Morgan fingerprint density at radius 2 is 1.42 bits per heavy atom. The van der Waals surface area contributed by atoms with E-state index in [9.17, 15) is 0 Å². The minimum absolute atomic E-state index is 0. The highest BCUT2D eigenvalue weighted by Gasteiger charge is 1.22. The van der Waals surface area contributed by atoms with Crippen LogP contribution < -0.4 is 11.3 Å². The number of hydrogen-bond acceptors (Lipinski definition) is 5. The molecule has 7 heteroatoms. The first-order chi connectivity index (χ1) is 5.24. The lowest BCUT2D eigenvalue weighted by atomic mass is 11.0. The molecule has 0 atom stereocenters. The molecule has 0 saturated carbocycles. The van der Waals surface area contributed by atoms with E-state index in [0.717, 1.165) is 7.11 Å². The van der Waals surface area contributed by atoms with E-state index in [1.54, 1.807) is 6.07 Å². The van der Waals surface area contributed by atoms with Crippen molar-refractivity contribution in [1.82, 2.24) is 6.15 Å². The van der Waals surface area contributed by atoms with Crippen molar-refractivity contribution >= 4 is 12.9 Å². The van der Waals surface area contributed by atoms with Crippen LogP contribution in [0.4, 0.5) is 0 Å². The number of hydrogen-bond donors (Lipinski definition) is 3. The normalized spacial score (nSPS) is 3.17. The van der Waals surface area contributed by atoms with Crippen LogP contribution in [0.5, 0.6) is 0 Å². The molecule has 0 fully saturated rings. The summed E-state index contributed by atoms with van der Waals surface area (Å²) >= 11 is 0. The molecule has 7 nitrogen and oxygen atoms in total. The van der Waals surface area contributed by atoms with Gasteiger partial charge in [0.15, 0.2) is 0 Å². The maximum atomic E-state index is 8.36. The third-order valence-corrected chi connectivity index (χ3v) is 0. The number of nitriles is 1. The molecule has 74 valence electrons. The molecule has 0 amide bonds. The molecule has 0 aliphatic rings. The standard InChI is InChI=1S/C2H3N.2CH2O2.CH4O.H3N/c1-2-3;2*2-1-3;1-2;/h1H3;2*1H,(H,2,3);2H,1H3;1H3. The van der Waals surface area contributed by atoms with Crippen LogP contribution in [-0.2, 0) is 9.59 Å². The third-order valence-electron chi connectivity index (χ3n) is 0. The smallest absolute Gasteiger partial charge is 0.290 e. The van der Waals surface area contributed by atoms with Gasteiger partial charge in [-0.15, -0.1) is 0 Å². The zero-order chi connectivity index (χ0) is 10.1. The average Bonchev–Trinajstić information content (AvgIpc) is 1.96. The summed E-state index contributed by atoms with van der Waals surface area (Å²) in [6.07, 6.45) is 0. The van der Waals surface area contributed by atoms with Gasteiger partial charge >= 0.3 is 0 Å². The van der Waals surface area contributed by atoms with E-state index in [2.05, 4.69) is 0 Å². The van der Waals surface area contributed by atoms with Gasteiger partial charge in [-0.3, -0.25) is 4.79 Å². The minimum Gasteiger partial charge on any atom is -0.554 e. The number of carboxylic acid groups (broad SMARTS) is 2. The van der Waals surface area contributed by atoms with E-state index in [4.69, 9.17) is 30.2 Å². The number of aliphatic hydroxyl groups excluding tert-OH is 1. The predicted octanol–water partition coefficient (Wildman–Crippen LogP) is -1.42. The fourth-order valence-corrected chi connectivity index (χ4v) is 0. The Kier molecular flexibility index (Phi) is 942. The highest BCUT2D eigenvalue weighted by Crippen LogP contribution is 1.21. The van der Waals surface area contributed by atoms with E-state index in [0.29, 0.717) is 0 Å². The summed E-state index contributed by atoms with van der Waals surface area (Å²) < 4.78 is 0. The minimum atomic E-state index is -0.500. The van der Waals surface area contributed by atoms with Crippen molar-refractivity contribution in [1.29, 1.82) is 5.26 Å². The quantitative estimate of drug-likeness (QED) is 0.390. The molecule has 0 rings (SSSR count). The van der Waals surface area contributed by atoms with Gasteiger partial charge in [-0.05, 0) is 0 Å². The first-order valence-electron chi connectivity index (χ1n) is 2.14. The number of quaternary nitrogens is 1. The second-order valence-electron chi connectivity index (χ2n) is 0.425. The molecule has 0 bridgehead atoms.